The van der Waals surface area contributed by atoms with Gasteiger partial charge in [-0.2, -0.15) is 0 Å². The minimum atomic E-state index is -0.758. The largest absolute Gasteiger partial charge is 0.447 e. The van der Waals surface area contributed by atoms with E-state index in [2.05, 4.69) is 5.32 Å². The minimum absolute atomic E-state index is 0.0725. The second-order valence-corrected chi connectivity index (χ2v) is 7.77. The van der Waals surface area contributed by atoms with Crippen LogP contribution in [-0.4, -0.2) is 28.6 Å². The van der Waals surface area contributed by atoms with Gasteiger partial charge in [0.2, 0.25) is 0 Å². The van der Waals surface area contributed by atoms with Crippen LogP contribution in [0.4, 0.5) is 0 Å². The van der Waals surface area contributed by atoms with Gasteiger partial charge in [0, 0.05) is 13.1 Å². The molecular formula is C18H24N2O3S. The van der Waals surface area contributed by atoms with Crippen LogP contribution < -0.4 is 5.32 Å². The monoisotopic (exact) mass is 348 g/mol. The highest BCUT2D eigenvalue weighted by Crippen LogP contribution is 2.25. The van der Waals surface area contributed by atoms with Crippen LogP contribution in [0.25, 0.3) is 10.2 Å². The van der Waals surface area contributed by atoms with Crippen molar-refractivity contribution in [3.63, 3.8) is 0 Å². The second kappa shape index (κ2) is 6.97. The fraction of sp³-hybridized carbons (Fsp3) is 0.556. The Morgan fingerprint density at radius 3 is 2.67 bits per heavy atom. The molecule has 0 aliphatic heterocycles. The summed E-state index contributed by atoms with van der Waals surface area (Å²) in [4.78, 5) is 25.1. The summed E-state index contributed by atoms with van der Waals surface area (Å²) in [5.74, 6) is -0.695. The normalized spacial score (nSPS) is 16.7. The van der Waals surface area contributed by atoms with E-state index in [-0.39, 0.29) is 17.9 Å². The average Bonchev–Trinajstić information content (AvgIpc) is 3.24. The number of ether oxygens (including phenoxy) is 1. The molecule has 0 saturated heterocycles. The van der Waals surface area contributed by atoms with E-state index in [1.54, 1.807) is 11.3 Å². The van der Waals surface area contributed by atoms with Gasteiger partial charge in [0.1, 0.15) is 5.69 Å². The van der Waals surface area contributed by atoms with E-state index in [9.17, 15) is 9.59 Å². The maximum atomic E-state index is 12.6. The number of thiophene rings is 1. The number of carbonyl (C=O) groups is 2. The Morgan fingerprint density at radius 1 is 1.33 bits per heavy atom. The first-order valence-electron chi connectivity index (χ1n) is 8.51. The Hall–Kier alpha value is -1.82. The Kier molecular flexibility index (Phi) is 4.94. The summed E-state index contributed by atoms with van der Waals surface area (Å²) in [5.41, 5.74) is 1.49. The number of carbonyl (C=O) groups excluding carboxylic acids is 2. The van der Waals surface area contributed by atoms with E-state index >= 15 is 0 Å². The number of nitrogens with one attached hydrogen (secondary N) is 1. The highest BCUT2D eigenvalue weighted by Gasteiger charge is 2.30. The Labute approximate surface area is 146 Å². The molecule has 1 N–H and O–H groups in total. The molecule has 1 amide bonds. The van der Waals surface area contributed by atoms with E-state index in [0.717, 1.165) is 35.9 Å². The maximum Gasteiger partial charge on any atom is 0.355 e. The molecule has 0 radical (unpaired) electrons. The topological polar surface area (TPSA) is 60.3 Å². The van der Waals surface area contributed by atoms with Crippen molar-refractivity contribution in [2.45, 2.75) is 51.7 Å². The molecule has 3 rings (SSSR count). The van der Waals surface area contributed by atoms with Gasteiger partial charge in [-0.05, 0) is 36.3 Å². The van der Waals surface area contributed by atoms with Crippen molar-refractivity contribution >= 4 is 33.4 Å². The summed E-state index contributed by atoms with van der Waals surface area (Å²) in [6, 6.07) is 4.02. The van der Waals surface area contributed by atoms with Crippen LogP contribution >= 0.6 is 11.3 Å². The molecule has 2 aromatic rings. The molecule has 0 spiro atoms. The highest BCUT2D eigenvalue weighted by atomic mass is 32.1. The lowest BCUT2D eigenvalue weighted by Gasteiger charge is -2.23. The van der Waals surface area contributed by atoms with Gasteiger partial charge in [0.15, 0.2) is 6.10 Å². The van der Waals surface area contributed by atoms with Crippen LogP contribution in [0.3, 0.4) is 0 Å². The van der Waals surface area contributed by atoms with E-state index in [1.807, 2.05) is 43.0 Å². The van der Waals surface area contributed by atoms with Crippen molar-refractivity contribution < 1.29 is 14.3 Å². The third kappa shape index (κ3) is 3.34. The lowest BCUT2D eigenvalue weighted by molar-refractivity contribution is -0.132. The van der Waals surface area contributed by atoms with Crippen molar-refractivity contribution in [2.75, 3.05) is 0 Å². The number of aryl methyl sites for hydroxylation is 1. The first-order chi connectivity index (χ1) is 11.5. The molecule has 5 nitrogen and oxygen atoms in total. The van der Waals surface area contributed by atoms with Crippen molar-refractivity contribution in [3.05, 3.63) is 23.2 Å². The molecule has 2 aromatic heterocycles. The summed E-state index contributed by atoms with van der Waals surface area (Å²) in [7, 11) is 1.84. The zero-order chi connectivity index (χ0) is 17.3. The van der Waals surface area contributed by atoms with Crippen LogP contribution in [0.2, 0.25) is 0 Å². The lowest BCUT2D eigenvalue weighted by atomic mass is 10.1. The summed E-state index contributed by atoms with van der Waals surface area (Å²) in [6.07, 6.45) is 3.57. The number of nitrogens with zero attached hydrogens (tertiary/aromatic N) is 1. The van der Waals surface area contributed by atoms with Crippen LogP contribution in [0.5, 0.6) is 0 Å². The number of esters is 1. The molecule has 0 aromatic carbocycles. The van der Waals surface area contributed by atoms with Crippen molar-refractivity contribution in [1.82, 2.24) is 9.88 Å². The Bertz CT molecular complexity index is 741. The lowest BCUT2D eigenvalue weighted by Crippen LogP contribution is -2.44. The molecular weight excluding hydrogens is 324 g/mol. The molecule has 1 saturated carbocycles. The molecule has 0 unspecified atom stereocenters. The van der Waals surface area contributed by atoms with Crippen LogP contribution in [0, 0.1) is 5.92 Å². The Balaban J connectivity index is 1.72. The fourth-order valence-electron chi connectivity index (χ4n) is 3.27. The molecule has 1 aliphatic carbocycles. The van der Waals surface area contributed by atoms with Gasteiger partial charge in [-0.1, -0.05) is 26.7 Å². The van der Waals surface area contributed by atoms with Crippen molar-refractivity contribution in [2.24, 2.45) is 13.0 Å². The highest BCUT2D eigenvalue weighted by molar-refractivity contribution is 7.17. The number of hydrogen-bond donors (Lipinski definition) is 1. The van der Waals surface area contributed by atoms with Crippen molar-refractivity contribution in [3.8, 4) is 0 Å². The van der Waals surface area contributed by atoms with Crippen LogP contribution in [0.15, 0.2) is 17.5 Å². The fourth-order valence-corrected chi connectivity index (χ4v) is 4.12. The average molecular weight is 348 g/mol. The predicted octanol–water partition coefficient (Wildman–Crippen LogP) is 3.48. The smallest absolute Gasteiger partial charge is 0.355 e. The Morgan fingerprint density at radius 2 is 2.04 bits per heavy atom. The molecule has 130 valence electrons. The molecule has 1 aliphatic rings. The molecule has 1 atom stereocenters. The molecule has 2 heterocycles. The van der Waals surface area contributed by atoms with Gasteiger partial charge in [-0.3, -0.25) is 4.79 Å². The van der Waals surface area contributed by atoms with E-state index in [1.165, 1.54) is 0 Å². The minimum Gasteiger partial charge on any atom is -0.447 e. The van der Waals surface area contributed by atoms with E-state index in [0.29, 0.717) is 5.69 Å². The zero-order valence-corrected chi connectivity index (χ0v) is 15.2. The molecule has 0 bridgehead atoms. The molecule has 24 heavy (non-hydrogen) atoms. The second-order valence-electron chi connectivity index (χ2n) is 6.82. The number of fused-ring (bicyclic) bond motifs is 1. The van der Waals surface area contributed by atoms with Gasteiger partial charge >= 0.3 is 5.97 Å². The first-order valence-corrected chi connectivity index (χ1v) is 9.39. The van der Waals surface area contributed by atoms with E-state index < -0.39 is 12.1 Å². The third-order valence-corrected chi connectivity index (χ3v) is 5.53. The molecule has 1 fully saturated rings. The maximum absolute atomic E-state index is 12.6. The predicted molar refractivity (Wildman–Crippen MR) is 95.2 cm³/mol. The number of amides is 1. The number of hydrogen-bond acceptors (Lipinski definition) is 4. The van der Waals surface area contributed by atoms with Crippen molar-refractivity contribution in [1.29, 1.82) is 0 Å². The summed E-state index contributed by atoms with van der Waals surface area (Å²) in [5, 5.41) is 5.02. The zero-order valence-electron chi connectivity index (χ0n) is 14.4. The van der Waals surface area contributed by atoms with E-state index in [4.69, 9.17) is 4.74 Å². The van der Waals surface area contributed by atoms with Gasteiger partial charge < -0.3 is 14.6 Å². The van der Waals surface area contributed by atoms with Gasteiger partial charge in [-0.15, -0.1) is 11.3 Å². The number of rotatable bonds is 5. The first kappa shape index (κ1) is 17.0. The summed E-state index contributed by atoms with van der Waals surface area (Å²) in [6.45, 7) is 3.80. The van der Waals surface area contributed by atoms with Crippen LogP contribution in [-0.2, 0) is 16.6 Å². The van der Waals surface area contributed by atoms with Gasteiger partial charge in [-0.25, -0.2) is 4.79 Å². The number of aromatic nitrogens is 1. The summed E-state index contributed by atoms with van der Waals surface area (Å²) >= 11 is 1.58. The van der Waals surface area contributed by atoms with Crippen LogP contribution in [0.1, 0.15) is 50.0 Å². The third-order valence-electron chi connectivity index (χ3n) is 4.67. The SMILES string of the molecule is CC(C)[C@@H](OC(=O)c1cc2sccc2n1C)C(=O)NC1CCCC1. The quantitative estimate of drug-likeness (QED) is 0.842. The molecule has 6 heteroatoms. The van der Waals surface area contributed by atoms with Gasteiger partial charge in [0.25, 0.3) is 5.91 Å². The summed E-state index contributed by atoms with van der Waals surface area (Å²) < 4.78 is 8.45. The van der Waals surface area contributed by atoms with Gasteiger partial charge in [0.05, 0.1) is 10.2 Å². The standard InChI is InChI=1S/C18H24N2O3S/c1-11(2)16(17(21)19-12-6-4-5-7-12)23-18(22)14-10-15-13(20(14)3)8-9-24-15/h8-12,16H,4-7H2,1-3H3,(H,19,21)/t16-/m1/s1.